The average Bonchev–Trinajstić information content (AvgIpc) is 2.60. The predicted molar refractivity (Wildman–Crippen MR) is 88.4 cm³/mol. The largest absolute Gasteiger partial charge is 0.452 e. The number of rotatable bonds is 7. The van der Waals surface area contributed by atoms with Gasteiger partial charge in [-0.15, -0.1) is 0 Å². The lowest BCUT2D eigenvalue weighted by atomic mass is 10.1. The first-order valence-electron chi connectivity index (χ1n) is 7.48. The van der Waals surface area contributed by atoms with Gasteiger partial charge in [-0.2, -0.15) is 8.78 Å². The Kier molecular flexibility index (Phi) is 6.37. The summed E-state index contributed by atoms with van der Waals surface area (Å²) in [5.74, 6) is -1.53. The lowest BCUT2D eigenvalue weighted by Gasteiger charge is -2.08. The molecule has 0 aromatic heterocycles. The molecule has 0 aliphatic carbocycles. The van der Waals surface area contributed by atoms with Gasteiger partial charge >= 0.3 is 12.6 Å². The molecule has 1 amide bonds. The number of anilines is 1. The van der Waals surface area contributed by atoms with Crippen LogP contribution in [0.3, 0.4) is 0 Å². The first-order valence-corrected chi connectivity index (χ1v) is 7.48. The molecule has 0 atom stereocenters. The van der Waals surface area contributed by atoms with Crippen molar-refractivity contribution in [3.05, 3.63) is 59.7 Å². The molecule has 0 bridgehead atoms. The fourth-order valence-electron chi connectivity index (χ4n) is 1.97. The zero-order valence-electron chi connectivity index (χ0n) is 13.7. The zero-order chi connectivity index (χ0) is 19.1. The highest BCUT2D eigenvalue weighted by Gasteiger charge is 2.12. The summed E-state index contributed by atoms with van der Waals surface area (Å²) in [6.45, 7) is -2.05. The van der Waals surface area contributed by atoms with Crippen LogP contribution in [0.5, 0.6) is 5.75 Å². The van der Waals surface area contributed by atoms with Crippen LogP contribution in [0, 0.1) is 0 Å². The Labute approximate surface area is 147 Å². The molecule has 0 saturated heterocycles. The maximum Gasteiger partial charge on any atom is 0.387 e. The van der Waals surface area contributed by atoms with Crippen LogP contribution in [0.1, 0.15) is 27.6 Å². The number of nitrogens with one attached hydrogen (secondary N) is 1. The number of alkyl halides is 2. The number of esters is 1. The number of Topliss-reactive ketones (excluding diaryl/α,β-unsaturated/α-hetero) is 1. The smallest absolute Gasteiger partial charge is 0.387 e. The minimum Gasteiger partial charge on any atom is -0.452 e. The predicted octanol–water partition coefficient (Wildman–Crippen LogP) is 3.29. The molecule has 0 fully saturated rings. The molecule has 2 aromatic rings. The van der Waals surface area contributed by atoms with Crippen molar-refractivity contribution in [2.75, 3.05) is 11.9 Å². The Morgan fingerprint density at radius 3 is 2.08 bits per heavy atom. The number of ketones is 1. The van der Waals surface area contributed by atoms with Crippen LogP contribution in [0.25, 0.3) is 0 Å². The minimum absolute atomic E-state index is 0.0882. The van der Waals surface area contributed by atoms with Gasteiger partial charge in [0.2, 0.25) is 0 Å². The molecule has 0 unspecified atom stereocenters. The molecule has 0 heterocycles. The Morgan fingerprint density at radius 2 is 1.54 bits per heavy atom. The Morgan fingerprint density at radius 1 is 0.962 bits per heavy atom. The lowest BCUT2D eigenvalue weighted by Crippen LogP contribution is -2.21. The number of halogens is 2. The van der Waals surface area contributed by atoms with Gasteiger partial charge in [-0.3, -0.25) is 9.59 Å². The van der Waals surface area contributed by atoms with E-state index in [0.717, 1.165) is 0 Å². The van der Waals surface area contributed by atoms with Gasteiger partial charge < -0.3 is 14.8 Å². The quantitative estimate of drug-likeness (QED) is 0.603. The van der Waals surface area contributed by atoms with Crippen LogP contribution in [-0.4, -0.2) is 30.9 Å². The lowest BCUT2D eigenvalue weighted by molar-refractivity contribution is -0.119. The van der Waals surface area contributed by atoms with Crippen LogP contribution in [-0.2, 0) is 9.53 Å². The van der Waals surface area contributed by atoms with Gasteiger partial charge in [0.1, 0.15) is 5.75 Å². The first-order chi connectivity index (χ1) is 12.3. The van der Waals surface area contributed by atoms with Crippen molar-refractivity contribution in [2.45, 2.75) is 13.5 Å². The van der Waals surface area contributed by atoms with Crippen molar-refractivity contribution in [3.8, 4) is 5.75 Å². The summed E-state index contributed by atoms with van der Waals surface area (Å²) in [4.78, 5) is 34.8. The monoisotopic (exact) mass is 363 g/mol. The minimum atomic E-state index is -2.96. The van der Waals surface area contributed by atoms with Crippen LogP contribution in [0.4, 0.5) is 14.5 Å². The highest BCUT2D eigenvalue weighted by atomic mass is 19.3. The molecule has 0 aliphatic rings. The number of ether oxygens (including phenoxy) is 2. The molecule has 0 aliphatic heterocycles. The standard InChI is InChI=1S/C18H15F2NO5/c1-11(22)12-2-6-14(7-3-12)21-16(23)10-25-17(24)13-4-8-15(9-5-13)26-18(19)20/h2-9,18H,10H2,1H3,(H,21,23). The Bertz CT molecular complexity index is 788. The maximum atomic E-state index is 12.1. The SMILES string of the molecule is CC(=O)c1ccc(NC(=O)COC(=O)c2ccc(OC(F)F)cc2)cc1. The van der Waals surface area contributed by atoms with E-state index in [1.807, 2.05) is 0 Å². The molecule has 8 heteroatoms. The van der Waals surface area contributed by atoms with Crippen molar-refractivity contribution >= 4 is 23.3 Å². The van der Waals surface area contributed by atoms with E-state index < -0.39 is 25.1 Å². The number of benzene rings is 2. The summed E-state index contributed by atoms with van der Waals surface area (Å²) < 4.78 is 33.1. The van der Waals surface area contributed by atoms with Gasteiger partial charge in [0.25, 0.3) is 5.91 Å². The van der Waals surface area contributed by atoms with E-state index in [-0.39, 0.29) is 17.1 Å². The molecule has 26 heavy (non-hydrogen) atoms. The number of hydrogen-bond acceptors (Lipinski definition) is 5. The number of hydrogen-bond donors (Lipinski definition) is 1. The van der Waals surface area contributed by atoms with E-state index in [1.54, 1.807) is 24.3 Å². The van der Waals surface area contributed by atoms with Gasteiger partial charge in [0, 0.05) is 11.3 Å². The van der Waals surface area contributed by atoms with E-state index in [4.69, 9.17) is 4.74 Å². The van der Waals surface area contributed by atoms with Gasteiger partial charge in [-0.05, 0) is 55.5 Å². The fourth-order valence-corrected chi connectivity index (χ4v) is 1.97. The third-order valence-corrected chi connectivity index (χ3v) is 3.22. The van der Waals surface area contributed by atoms with Crippen molar-refractivity contribution in [3.63, 3.8) is 0 Å². The third-order valence-electron chi connectivity index (χ3n) is 3.22. The number of carbonyl (C=O) groups is 3. The normalized spacial score (nSPS) is 10.3. The van der Waals surface area contributed by atoms with Gasteiger partial charge in [-0.1, -0.05) is 0 Å². The van der Waals surface area contributed by atoms with Gasteiger partial charge in [0.05, 0.1) is 5.56 Å². The molecule has 0 radical (unpaired) electrons. The second-order valence-corrected chi connectivity index (χ2v) is 5.16. The molecule has 0 saturated carbocycles. The van der Waals surface area contributed by atoms with Crippen LogP contribution in [0.2, 0.25) is 0 Å². The topological polar surface area (TPSA) is 81.7 Å². The maximum absolute atomic E-state index is 12.1. The van der Waals surface area contributed by atoms with Crippen LogP contribution >= 0.6 is 0 Å². The van der Waals surface area contributed by atoms with E-state index in [1.165, 1.54) is 31.2 Å². The summed E-state index contributed by atoms with van der Waals surface area (Å²) in [7, 11) is 0. The van der Waals surface area contributed by atoms with Crippen molar-refractivity contribution in [1.29, 1.82) is 0 Å². The van der Waals surface area contributed by atoms with E-state index in [0.29, 0.717) is 11.3 Å². The van der Waals surface area contributed by atoms with E-state index in [9.17, 15) is 23.2 Å². The van der Waals surface area contributed by atoms with Gasteiger partial charge in [0.15, 0.2) is 12.4 Å². The highest BCUT2D eigenvalue weighted by Crippen LogP contribution is 2.15. The molecule has 2 rings (SSSR count). The molecule has 136 valence electrons. The van der Waals surface area contributed by atoms with E-state index >= 15 is 0 Å². The molecular weight excluding hydrogens is 348 g/mol. The summed E-state index contributed by atoms with van der Waals surface area (Å²) in [5, 5.41) is 2.51. The van der Waals surface area contributed by atoms with Crippen LogP contribution in [0.15, 0.2) is 48.5 Å². The van der Waals surface area contributed by atoms with Crippen molar-refractivity contribution in [1.82, 2.24) is 0 Å². The second kappa shape index (κ2) is 8.70. The average molecular weight is 363 g/mol. The van der Waals surface area contributed by atoms with E-state index in [2.05, 4.69) is 10.1 Å². The molecule has 1 N–H and O–H groups in total. The summed E-state index contributed by atoms with van der Waals surface area (Å²) in [5.41, 5.74) is 1.04. The summed E-state index contributed by atoms with van der Waals surface area (Å²) in [6, 6.07) is 11.1. The summed E-state index contributed by atoms with van der Waals surface area (Å²) >= 11 is 0. The highest BCUT2D eigenvalue weighted by molar-refractivity contribution is 5.97. The Balaban J connectivity index is 1.84. The first kappa shape index (κ1) is 19.0. The second-order valence-electron chi connectivity index (χ2n) is 5.16. The fraction of sp³-hybridized carbons (Fsp3) is 0.167. The molecular formula is C18H15F2NO5. The zero-order valence-corrected chi connectivity index (χ0v) is 13.7. The van der Waals surface area contributed by atoms with Gasteiger partial charge in [-0.25, -0.2) is 4.79 Å². The number of amides is 1. The van der Waals surface area contributed by atoms with Crippen molar-refractivity contribution < 1.29 is 32.6 Å². The molecule has 0 spiro atoms. The molecule has 6 nitrogen and oxygen atoms in total. The number of carbonyl (C=O) groups excluding carboxylic acids is 3. The molecule has 2 aromatic carbocycles. The summed E-state index contributed by atoms with van der Waals surface area (Å²) in [6.07, 6.45) is 0. The Hall–Kier alpha value is -3.29. The third kappa shape index (κ3) is 5.66. The van der Waals surface area contributed by atoms with Crippen LogP contribution < -0.4 is 10.1 Å². The van der Waals surface area contributed by atoms with Crippen molar-refractivity contribution in [2.24, 2.45) is 0 Å².